The Morgan fingerprint density at radius 3 is 2.37 bits per heavy atom. The van der Waals surface area contributed by atoms with Gasteiger partial charge in [-0.25, -0.2) is 0 Å². The second-order valence-electron chi connectivity index (χ2n) is 12.7. The van der Waals surface area contributed by atoms with Gasteiger partial charge in [-0.15, -0.1) is 0 Å². The summed E-state index contributed by atoms with van der Waals surface area (Å²) in [6, 6.07) is 26.1. The van der Waals surface area contributed by atoms with Crippen molar-refractivity contribution in [2.45, 2.75) is 90.8 Å². The lowest BCUT2D eigenvalue weighted by molar-refractivity contribution is 0.0546. The Hall–Kier alpha value is -3.39. The van der Waals surface area contributed by atoms with E-state index in [2.05, 4.69) is 66.7 Å². The number of piperidine rings is 1. The lowest BCUT2D eigenvalue weighted by Gasteiger charge is -2.39. The van der Waals surface area contributed by atoms with Gasteiger partial charge in [-0.2, -0.15) is 0 Å². The van der Waals surface area contributed by atoms with Crippen molar-refractivity contribution in [3.63, 3.8) is 0 Å². The molecule has 1 atom stereocenters. The summed E-state index contributed by atoms with van der Waals surface area (Å²) in [5, 5.41) is 11.0. The number of unbranched alkanes of at least 4 members (excludes halogenated alkanes) is 2. The predicted molar refractivity (Wildman–Crippen MR) is 178 cm³/mol. The topological polar surface area (TPSA) is 43.8 Å². The standard InChI is InChI=1S/C39H50N2O2/c1-5-6-8-12-32-17-19-35(20-18-32)38(42)41(37-23-27-40(28-24-37)26-22-31(2)3)30-34-14-11-13-33(29-34)21-25-39(4,43)36-15-9-7-10-16-36/h7,9-11,13-20,29,31,37,43H,5-6,8,12,22-24,26-28,30H2,1-4H3. The van der Waals surface area contributed by atoms with Gasteiger partial charge in [0.15, 0.2) is 0 Å². The first-order valence-corrected chi connectivity index (χ1v) is 16.3. The molecule has 1 aliphatic heterocycles. The SMILES string of the molecule is CCCCCc1ccc(C(=O)N(Cc2cccc(C#CC(C)(O)c3ccccc3)c2)C2CCN(CCC(C)C)CC2)cc1. The molecule has 1 unspecified atom stereocenters. The monoisotopic (exact) mass is 578 g/mol. The Kier molecular flexibility index (Phi) is 12.0. The van der Waals surface area contributed by atoms with Gasteiger partial charge in [-0.05, 0) is 92.4 Å². The van der Waals surface area contributed by atoms with Crippen LogP contribution in [0.2, 0.25) is 0 Å². The smallest absolute Gasteiger partial charge is 0.254 e. The Morgan fingerprint density at radius 1 is 0.977 bits per heavy atom. The Bertz CT molecular complexity index is 1340. The van der Waals surface area contributed by atoms with Crippen LogP contribution >= 0.6 is 0 Å². The zero-order chi connectivity index (χ0) is 30.7. The van der Waals surface area contributed by atoms with Crippen molar-refractivity contribution >= 4 is 5.91 Å². The largest absolute Gasteiger partial charge is 0.374 e. The molecule has 43 heavy (non-hydrogen) atoms. The zero-order valence-electron chi connectivity index (χ0n) is 26.7. The number of carbonyl (C=O) groups is 1. The van der Waals surface area contributed by atoms with E-state index in [-0.39, 0.29) is 11.9 Å². The van der Waals surface area contributed by atoms with Gasteiger partial charge in [0.2, 0.25) is 0 Å². The molecule has 0 spiro atoms. The maximum absolute atomic E-state index is 14.1. The van der Waals surface area contributed by atoms with E-state index in [4.69, 9.17) is 0 Å². The van der Waals surface area contributed by atoms with Crippen molar-refractivity contribution in [2.75, 3.05) is 19.6 Å². The molecule has 0 aliphatic carbocycles. The second kappa shape index (κ2) is 15.9. The van der Waals surface area contributed by atoms with E-state index < -0.39 is 5.60 Å². The number of hydrogen-bond donors (Lipinski definition) is 1. The number of carbonyl (C=O) groups excluding carboxylic acids is 1. The fourth-order valence-electron chi connectivity index (χ4n) is 5.79. The normalized spacial score (nSPS) is 15.5. The molecule has 1 aliphatic rings. The molecule has 0 saturated carbocycles. The van der Waals surface area contributed by atoms with Crippen molar-refractivity contribution < 1.29 is 9.90 Å². The first-order valence-electron chi connectivity index (χ1n) is 16.3. The molecule has 1 saturated heterocycles. The number of aliphatic hydroxyl groups is 1. The summed E-state index contributed by atoms with van der Waals surface area (Å²) in [5.41, 5.74) is 3.47. The highest BCUT2D eigenvalue weighted by atomic mass is 16.3. The van der Waals surface area contributed by atoms with Crippen molar-refractivity contribution in [1.29, 1.82) is 0 Å². The molecule has 4 nitrogen and oxygen atoms in total. The van der Waals surface area contributed by atoms with Gasteiger partial charge in [0.1, 0.15) is 5.60 Å². The minimum Gasteiger partial charge on any atom is -0.374 e. The molecule has 1 fully saturated rings. The van der Waals surface area contributed by atoms with E-state index in [1.54, 1.807) is 6.92 Å². The number of nitrogens with zero attached hydrogens (tertiary/aromatic N) is 2. The first-order chi connectivity index (χ1) is 20.7. The van der Waals surface area contributed by atoms with E-state index in [0.29, 0.717) is 12.5 Å². The quantitative estimate of drug-likeness (QED) is 0.176. The third-order valence-corrected chi connectivity index (χ3v) is 8.62. The van der Waals surface area contributed by atoms with Crippen LogP contribution in [-0.2, 0) is 18.6 Å². The predicted octanol–water partition coefficient (Wildman–Crippen LogP) is 7.83. The summed E-state index contributed by atoms with van der Waals surface area (Å²) >= 11 is 0. The van der Waals surface area contributed by atoms with Crippen molar-refractivity contribution in [3.8, 4) is 11.8 Å². The molecule has 1 heterocycles. The lowest BCUT2D eigenvalue weighted by atomic mass is 9.96. The van der Waals surface area contributed by atoms with Gasteiger partial charge in [0.25, 0.3) is 5.91 Å². The van der Waals surface area contributed by atoms with Crippen LogP contribution in [0.3, 0.4) is 0 Å². The van der Waals surface area contributed by atoms with Gasteiger partial charge < -0.3 is 14.9 Å². The first kappa shape index (κ1) is 32.5. The summed E-state index contributed by atoms with van der Waals surface area (Å²) in [6.07, 6.45) is 7.87. The van der Waals surface area contributed by atoms with Crippen LogP contribution in [0.25, 0.3) is 0 Å². The lowest BCUT2D eigenvalue weighted by Crippen LogP contribution is -2.47. The minimum atomic E-state index is -1.24. The fourth-order valence-corrected chi connectivity index (χ4v) is 5.79. The molecule has 228 valence electrons. The third-order valence-electron chi connectivity index (χ3n) is 8.62. The van der Waals surface area contributed by atoms with Crippen LogP contribution in [0.4, 0.5) is 0 Å². The highest BCUT2D eigenvalue weighted by Gasteiger charge is 2.29. The van der Waals surface area contributed by atoms with Crippen molar-refractivity contribution in [2.24, 2.45) is 5.92 Å². The second-order valence-corrected chi connectivity index (χ2v) is 12.7. The van der Waals surface area contributed by atoms with Crippen molar-refractivity contribution in [1.82, 2.24) is 9.80 Å². The number of hydrogen-bond acceptors (Lipinski definition) is 3. The average Bonchev–Trinajstić information content (AvgIpc) is 3.03. The van der Waals surface area contributed by atoms with E-state index in [1.165, 1.54) is 31.2 Å². The van der Waals surface area contributed by atoms with Gasteiger partial charge >= 0.3 is 0 Å². The van der Waals surface area contributed by atoms with Gasteiger partial charge in [-0.3, -0.25) is 4.79 Å². The van der Waals surface area contributed by atoms with Gasteiger partial charge in [0.05, 0.1) is 0 Å². The van der Waals surface area contributed by atoms with Crippen LogP contribution in [0.15, 0.2) is 78.9 Å². The van der Waals surface area contributed by atoms with Gasteiger partial charge in [-0.1, -0.05) is 100 Å². The number of likely N-dealkylation sites (tertiary alicyclic amines) is 1. The average molecular weight is 579 g/mol. The van der Waals surface area contributed by atoms with Crippen LogP contribution in [-0.4, -0.2) is 46.5 Å². The zero-order valence-corrected chi connectivity index (χ0v) is 26.7. The maximum atomic E-state index is 14.1. The highest BCUT2D eigenvalue weighted by molar-refractivity contribution is 5.94. The molecule has 0 aromatic heterocycles. The summed E-state index contributed by atoms with van der Waals surface area (Å²) in [7, 11) is 0. The van der Waals surface area contributed by atoms with E-state index in [1.807, 2.05) is 54.6 Å². The summed E-state index contributed by atoms with van der Waals surface area (Å²) in [5.74, 6) is 7.04. The molecular weight excluding hydrogens is 528 g/mol. The molecule has 4 rings (SSSR count). The Morgan fingerprint density at radius 2 is 1.70 bits per heavy atom. The number of benzene rings is 3. The summed E-state index contributed by atoms with van der Waals surface area (Å²) in [4.78, 5) is 18.7. The van der Waals surface area contributed by atoms with E-state index in [9.17, 15) is 9.90 Å². The Labute approximate surface area is 260 Å². The fraction of sp³-hybridized carbons (Fsp3) is 0.462. The van der Waals surface area contributed by atoms with Crippen LogP contribution in [0, 0.1) is 17.8 Å². The number of amides is 1. The van der Waals surface area contributed by atoms with Crippen molar-refractivity contribution in [3.05, 3.63) is 107 Å². The highest BCUT2D eigenvalue weighted by Crippen LogP contribution is 2.24. The molecule has 3 aromatic carbocycles. The van der Waals surface area contributed by atoms with E-state index in [0.717, 1.165) is 61.2 Å². The van der Waals surface area contributed by atoms with E-state index >= 15 is 0 Å². The maximum Gasteiger partial charge on any atom is 0.254 e. The summed E-state index contributed by atoms with van der Waals surface area (Å²) < 4.78 is 0. The van der Waals surface area contributed by atoms with Crippen LogP contribution in [0.5, 0.6) is 0 Å². The molecule has 1 N–H and O–H groups in total. The molecular formula is C39H50N2O2. The molecule has 0 bridgehead atoms. The Balaban J connectivity index is 1.52. The summed E-state index contributed by atoms with van der Waals surface area (Å²) in [6.45, 7) is 12.2. The van der Waals surface area contributed by atoms with Crippen LogP contribution < -0.4 is 0 Å². The van der Waals surface area contributed by atoms with Crippen LogP contribution in [0.1, 0.15) is 98.8 Å². The third kappa shape index (κ3) is 9.82. The minimum absolute atomic E-state index is 0.101. The molecule has 3 aromatic rings. The molecule has 0 radical (unpaired) electrons. The number of rotatable bonds is 12. The molecule has 1 amide bonds. The van der Waals surface area contributed by atoms with Gasteiger partial charge in [0, 0.05) is 36.8 Å². The molecule has 4 heteroatoms. The number of aryl methyl sites for hydroxylation is 1.